The van der Waals surface area contributed by atoms with Crippen LogP contribution in [0, 0.1) is 6.54 Å². The van der Waals surface area contributed by atoms with Gasteiger partial charge in [0.2, 0.25) is 0 Å². The van der Waals surface area contributed by atoms with Crippen LogP contribution in [-0.2, 0) is 0 Å². The van der Waals surface area contributed by atoms with E-state index in [9.17, 15) is 8.78 Å². The monoisotopic (exact) mass is 145 g/mol. The Labute approximate surface area is 58.5 Å². The zero-order chi connectivity index (χ0) is 7.56. The van der Waals surface area contributed by atoms with Gasteiger partial charge in [-0.25, -0.2) is 8.78 Å². The molecule has 0 N–H and O–H groups in total. The van der Waals surface area contributed by atoms with Gasteiger partial charge in [-0.2, -0.15) is 0 Å². The molecule has 0 bridgehead atoms. The first-order valence-electron chi connectivity index (χ1n) is 3.01. The number of halogens is 2. The van der Waals surface area contributed by atoms with Crippen LogP contribution >= 0.6 is 0 Å². The van der Waals surface area contributed by atoms with Gasteiger partial charge in [-0.05, 0) is 6.92 Å². The molecule has 3 radical (unpaired) electrons. The fraction of sp³-hybridized carbons (Fsp3) is 0.667. The Bertz CT molecular complexity index is 136. The van der Waals surface area contributed by atoms with Crippen LogP contribution < -0.4 is 0 Å². The summed E-state index contributed by atoms with van der Waals surface area (Å²) in [7, 11) is 0. The second-order valence-corrected chi connectivity index (χ2v) is 1.88. The third-order valence-electron chi connectivity index (χ3n) is 1.16. The fourth-order valence-electron chi connectivity index (χ4n) is 0.624. The first kappa shape index (κ1) is 7.44. The number of alkyl halides is 2. The molecular formula is C6H7F2N2. The van der Waals surface area contributed by atoms with Gasteiger partial charge in [0.05, 0.1) is 0 Å². The average molecular weight is 145 g/mol. The number of likely N-dealkylation sites (N-methyl/N-ethyl adjacent to an activating group) is 1. The minimum absolute atomic E-state index is 0.590. The summed E-state index contributed by atoms with van der Waals surface area (Å²) in [5.41, 5.74) is 0. The number of hydrogen-bond acceptors (Lipinski definition) is 2. The Balaban J connectivity index is 2.37. The molecule has 55 valence electrons. The second kappa shape index (κ2) is 2.94. The molecule has 0 aliphatic carbocycles. The Morgan fingerprint density at radius 3 is 2.70 bits per heavy atom. The first-order valence-corrected chi connectivity index (χ1v) is 3.01. The number of hydrogen-bond donors (Lipinski definition) is 0. The van der Waals surface area contributed by atoms with Gasteiger partial charge >= 0.3 is 0 Å². The highest BCUT2D eigenvalue weighted by Crippen LogP contribution is 2.15. The summed E-state index contributed by atoms with van der Waals surface area (Å²) < 4.78 is 23.7. The predicted octanol–water partition coefficient (Wildman–Crippen LogP) is 0.900. The van der Waals surface area contributed by atoms with Crippen LogP contribution in [0.1, 0.15) is 6.92 Å². The van der Waals surface area contributed by atoms with E-state index in [0.717, 1.165) is 0 Å². The molecule has 0 amide bonds. The molecule has 0 aromatic rings. The zero-order valence-corrected chi connectivity index (χ0v) is 5.51. The van der Waals surface area contributed by atoms with Gasteiger partial charge in [0.1, 0.15) is 12.6 Å². The van der Waals surface area contributed by atoms with Gasteiger partial charge in [-0.15, -0.1) is 0 Å². The van der Waals surface area contributed by atoms with Gasteiger partial charge < -0.3 is 4.90 Å². The lowest BCUT2D eigenvalue weighted by atomic mass is 10.3. The molecule has 0 saturated carbocycles. The summed E-state index contributed by atoms with van der Waals surface area (Å²) in [4.78, 5) is 4.80. The molecule has 10 heavy (non-hydrogen) atoms. The van der Waals surface area contributed by atoms with E-state index in [1.165, 1.54) is 4.90 Å². The summed E-state index contributed by atoms with van der Waals surface area (Å²) in [5, 5.41) is 0. The Hall–Kier alpha value is -0.670. The lowest BCUT2D eigenvalue weighted by Gasteiger charge is -2.09. The van der Waals surface area contributed by atoms with Crippen molar-refractivity contribution in [2.45, 2.75) is 19.4 Å². The lowest BCUT2D eigenvalue weighted by Crippen LogP contribution is -2.21. The van der Waals surface area contributed by atoms with Gasteiger partial charge in [0.25, 0.3) is 6.43 Å². The molecule has 1 aliphatic rings. The Morgan fingerprint density at radius 2 is 2.40 bits per heavy atom. The van der Waals surface area contributed by atoms with Crippen LogP contribution in [0.5, 0.6) is 0 Å². The number of nitrogens with zero attached hydrogens (tertiary/aromatic N) is 2. The van der Waals surface area contributed by atoms with Crippen molar-refractivity contribution in [1.82, 2.24) is 4.90 Å². The first-order chi connectivity index (χ1) is 4.74. The van der Waals surface area contributed by atoms with E-state index in [2.05, 4.69) is 17.9 Å². The number of aliphatic imine (C=N–C) groups is 1. The minimum atomic E-state index is -2.45. The van der Waals surface area contributed by atoms with Crippen LogP contribution in [0.15, 0.2) is 4.99 Å². The maximum absolute atomic E-state index is 11.8. The van der Waals surface area contributed by atoms with Crippen molar-refractivity contribution in [2.75, 3.05) is 6.54 Å². The fourth-order valence-corrected chi connectivity index (χ4v) is 0.624. The molecule has 1 heterocycles. The van der Waals surface area contributed by atoms with Gasteiger partial charge in [0.15, 0.2) is 6.34 Å². The molecule has 1 rings (SSSR count). The van der Waals surface area contributed by atoms with Crippen LogP contribution in [-0.4, -0.2) is 30.3 Å². The second-order valence-electron chi connectivity index (χ2n) is 1.88. The zero-order valence-electron chi connectivity index (χ0n) is 5.51. The highest BCUT2D eigenvalue weighted by molar-refractivity contribution is 5.59. The van der Waals surface area contributed by atoms with E-state index in [-0.39, 0.29) is 0 Å². The summed E-state index contributed by atoms with van der Waals surface area (Å²) >= 11 is 0. The van der Waals surface area contributed by atoms with Crippen LogP contribution in [0.3, 0.4) is 0 Å². The smallest absolute Gasteiger partial charge is 0.263 e. The lowest BCUT2D eigenvalue weighted by molar-refractivity contribution is 0.125. The summed E-state index contributed by atoms with van der Waals surface area (Å²) in [6.07, 6.45) is -0.0497. The standard InChI is InChI=1S/C6H7F2N2/c1-2-10-3-5(6(7)8)9-4-10/h5-6H,2H2,1H3. The molecule has 1 aliphatic heterocycles. The van der Waals surface area contributed by atoms with Crippen LogP contribution in [0.4, 0.5) is 8.78 Å². The molecule has 4 heteroatoms. The maximum Gasteiger partial charge on any atom is 0.263 e. The van der Waals surface area contributed by atoms with Gasteiger partial charge in [0, 0.05) is 6.54 Å². The maximum atomic E-state index is 11.8. The van der Waals surface area contributed by atoms with E-state index in [1.54, 1.807) is 0 Å². The third-order valence-corrected chi connectivity index (χ3v) is 1.16. The van der Waals surface area contributed by atoms with Crippen molar-refractivity contribution in [2.24, 2.45) is 4.99 Å². The van der Waals surface area contributed by atoms with E-state index >= 15 is 0 Å². The molecule has 1 unspecified atom stereocenters. The molecule has 1 atom stereocenters. The van der Waals surface area contributed by atoms with E-state index in [1.807, 2.05) is 6.92 Å². The minimum Gasteiger partial charge on any atom is -0.341 e. The quantitative estimate of drug-likeness (QED) is 0.563. The van der Waals surface area contributed by atoms with Crippen LogP contribution in [0.2, 0.25) is 0 Å². The third kappa shape index (κ3) is 1.43. The predicted molar refractivity (Wildman–Crippen MR) is 32.8 cm³/mol. The molecule has 0 saturated heterocycles. The van der Waals surface area contributed by atoms with Crippen LogP contribution in [0.25, 0.3) is 0 Å². The van der Waals surface area contributed by atoms with Gasteiger partial charge in [-0.1, -0.05) is 0 Å². The molecule has 0 fully saturated rings. The summed E-state index contributed by atoms with van der Waals surface area (Å²) in [5.74, 6) is 0. The van der Waals surface area contributed by atoms with E-state index in [4.69, 9.17) is 0 Å². The molecule has 2 nitrogen and oxygen atoms in total. The van der Waals surface area contributed by atoms with Crippen molar-refractivity contribution in [1.29, 1.82) is 0 Å². The molecule has 0 aromatic heterocycles. The van der Waals surface area contributed by atoms with Crippen molar-refractivity contribution in [3.63, 3.8) is 0 Å². The van der Waals surface area contributed by atoms with Gasteiger partial charge in [-0.3, -0.25) is 4.99 Å². The van der Waals surface area contributed by atoms with E-state index in [0.29, 0.717) is 6.54 Å². The van der Waals surface area contributed by atoms with Crippen molar-refractivity contribution in [3.05, 3.63) is 6.54 Å². The summed E-state index contributed by atoms with van der Waals surface area (Å²) in [6.45, 7) is 4.86. The Morgan fingerprint density at radius 1 is 1.70 bits per heavy atom. The topological polar surface area (TPSA) is 15.6 Å². The molecule has 0 aromatic carbocycles. The summed E-state index contributed by atoms with van der Waals surface area (Å²) in [6, 6.07) is -1.10. The average Bonchev–Trinajstić information content (AvgIpc) is 2.34. The van der Waals surface area contributed by atoms with E-state index < -0.39 is 12.5 Å². The highest BCUT2D eigenvalue weighted by atomic mass is 19.3. The molecule has 0 spiro atoms. The molecular weight excluding hydrogens is 138 g/mol. The Kier molecular flexibility index (Phi) is 2.19. The SMILES string of the molecule is CCN1[C]C(C(F)F)N=[C]1. The van der Waals surface area contributed by atoms with Crippen molar-refractivity contribution >= 4 is 6.34 Å². The normalized spacial score (nSPS) is 24.8. The van der Waals surface area contributed by atoms with Crippen molar-refractivity contribution in [3.8, 4) is 0 Å². The highest BCUT2D eigenvalue weighted by Gasteiger charge is 2.26. The van der Waals surface area contributed by atoms with Crippen molar-refractivity contribution < 1.29 is 8.78 Å². The largest absolute Gasteiger partial charge is 0.341 e. The number of rotatable bonds is 2.